The number of alkyl halides is 3. The van der Waals surface area contributed by atoms with Gasteiger partial charge >= 0.3 is 16.3 Å². The monoisotopic (exact) mass is 590 g/mol. The fourth-order valence-electron chi connectivity index (χ4n) is 4.98. The van der Waals surface area contributed by atoms with Gasteiger partial charge in [-0.1, -0.05) is 24.3 Å². The van der Waals surface area contributed by atoms with Crippen LogP contribution >= 0.6 is 0 Å². The molecule has 2 N–H and O–H groups in total. The number of para-hydroxylation sites is 2. The number of hydrogen-bond donors (Lipinski definition) is 2. The van der Waals surface area contributed by atoms with Crippen LogP contribution < -0.4 is 24.3 Å². The first-order chi connectivity index (χ1) is 19.2. The Labute approximate surface area is 238 Å². The number of halogens is 3. The molecule has 220 valence electrons. The molecule has 0 saturated carbocycles. The van der Waals surface area contributed by atoms with Gasteiger partial charge in [-0.2, -0.15) is 21.6 Å². The Hall–Kier alpha value is -3.86. The highest BCUT2D eigenvalue weighted by Crippen LogP contribution is 2.43. The molecule has 7 nitrogen and oxygen atoms in total. The minimum atomic E-state index is -4.62. The van der Waals surface area contributed by atoms with E-state index >= 15 is 0 Å². The number of benzene rings is 3. The van der Waals surface area contributed by atoms with Crippen LogP contribution in [0.3, 0.4) is 0 Å². The third kappa shape index (κ3) is 7.27. The Bertz CT molecular complexity index is 1570. The Kier molecular flexibility index (Phi) is 8.49. The van der Waals surface area contributed by atoms with Crippen molar-refractivity contribution >= 4 is 27.1 Å². The van der Waals surface area contributed by atoms with E-state index in [2.05, 4.69) is 37.5 Å². The van der Waals surface area contributed by atoms with Crippen LogP contribution in [-0.2, 0) is 16.7 Å². The number of fused-ring (bicyclic) bond motifs is 1. The molecule has 3 aromatic rings. The number of ether oxygens (including phenoxy) is 2. The summed E-state index contributed by atoms with van der Waals surface area (Å²) in [5, 5.41) is 7.04. The van der Waals surface area contributed by atoms with Crippen LogP contribution in [0.1, 0.15) is 38.3 Å². The van der Waals surface area contributed by atoms with E-state index in [9.17, 15) is 21.6 Å². The molecule has 4 rings (SSSR count). The van der Waals surface area contributed by atoms with E-state index in [0.717, 1.165) is 33.6 Å². The van der Waals surface area contributed by atoms with E-state index in [0.29, 0.717) is 23.6 Å². The molecule has 0 bridgehead atoms. The van der Waals surface area contributed by atoms with Gasteiger partial charge in [0.1, 0.15) is 17.2 Å². The average molecular weight is 591 g/mol. The van der Waals surface area contributed by atoms with Crippen LogP contribution in [0.25, 0.3) is 16.7 Å². The van der Waals surface area contributed by atoms with E-state index in [-0.39, 0.29) is 11.3 Å². The molecule has 0 spiro atoms. The van der Waals surface area contributed by atoms with Crippen LogP contribution in [0.4, 0.5) is 24.5 Å². The van der Waals surface area contributed by atoms with Crippen molar-refractivity contribution in [3.8, 4) is 28.4 Å². The van der Waals surface area contributed by atoms with Crippen molar-refractivity contribution in [1.82, 2.24) is 0 Å². The Morgan fingerprint density at radius 3 is 2.32 bits per heavy atom. The minimum absolute atomic E-state index is 0.140. The summed E-state index contributed by atoms with van der Waals surface area (Å²) < 4.78 is 78.1. The zero-order chi connectivity index (χ0) is 30.0. The maximum atomic E-state index is 12.6. The second-order valence-corrected chi connectivity index (χ2v) is 12.0. The Balaban J connectivity index is 1.76. The predicted octanol–water partition coefficient (Wildman–Crippen LogP) is 7.25. The molecule has 1 aliphatic heterocycles. The number of methoxy groups -OCH3 is 2. The van der Waals surface area contributed by atoms with Gasteiger partial charge in [-0.15, -0.1) is 0 Å². The highest BCUT2D eigenvalue weighted by atomic mass is 32.2. The van der Waals surface area contributed by atoms with Gasteiger partial charge in [0.15, 0.2) is 0 Å². The summed E-state index contributed by atoms with van der Waals surface area (Å²) >= 11 is 0. The van der Waals surface area contributed by atoms with Gasteiger partial charge < -0.3 is 24.3 Å². The van der Waals surface area contributed by atoms with E-state index in [4.69, 9.17) is 13.7 Å². The Morgan fingerprint density at radius 1 is 0.951 bits per heavy atom. The number of anilines is 2. The molecule has 0 atom stereocenters. The fraction of sp³-hybridized carbons (Fsp3) is 0.333. The molecule has 0 aromatic heterocycles. The second-order valence-electron chi connectivity index (χ2n) is 10.3. The van der Waals surface area contributed by atoms with Crippen LogP contribution in [0, 0.1) is 0 Å². The predicted molar refractivity (Wildman–Crippen MR) is 155 cm³/mol. The van der Waals surface area contributed by atoms with E-state index < -0.39 is 28.5 Å². The molecule has 1 aliphatic rings. The van der Waals surface area contributed by atoms with E-state index in [1.165, 1.54) is 19.2 Å². The summed E-state index contributed by atoms with van der Waals surface area (Å²) in [7, 11) is -1.43. The molecule has 0 aliphatic carbocycles. The minimum Gasteiger partial charge on any atom is -0.496 e. The second kappa shape index (κ2) is 11.6. The topological polar surface area (TPSA) is 85.9 Å². The quantitative estimate of drug-likeness (QED) is 0.241. The number of nitrogens with one attached hydrogen (secondary N) is 2. The molecular formula is C30H33F3N2O5S. The summed E-state index contributed by atoms with van der Waals surface area (Å²) in [4.78, 5) is 0. The van der Waals surface area contributed by atoms with Gasteiger partial charge in [-0.25, -0.2) is 0 Å². The molecule has 0 amide bonds. The van der Waals surface area contributed by atoms with Crippen molar-refractivity contribution in [2.24, 2.45) is 0 Å². The van der Waals surface area contributed by atoms with Crippen LogP contribution in [0.2, 0.25) is 0 Å². The van der Waals surface area contributed by atoms with Gasteiger partial charge in [-0.3, -0.25) is 0 Å². The third-order valence-corrected chi connectivity index (χ3v) is 7.78. The summed E-state index contributed by atoms with van der Waals surface area (Å²) in [5.41, 5.74) is 6.05. The molecule has 0 radical (unpaired) electrons. The first-order valence-electron chi connectivity index (χ1n) is 12.9. The molecule has 3 aromatic carbocycles. The first kappa shape index (κ1) is 30.1. The molecule has 0 fully saturated rings. The maximum Gasteiger partial charge on any atom is 0.390 e. The average Bonchev–Trinajstić information content (AvgIpc) is 2.89. The zero-order valence-corrected chi connectivity index (χ0v) is 24.3. The lowest BCUT2D eigenvalue weighted by Gasteiger charge is -2.33. The normalized spacial score (nSPS) is 14.4. The molecule has 41 heavy (non-hydrogen) atoms. The smallest absolute Gasteiger partial charge is 0.390 e. The van der Waals surface area contributed by atoms with Gasteiger partial charge in [0.05, 0.1) is 37.6 Å². The molecule has 11 heteroatoms. The number of allylic oxidation sites excluding steroid dienone is 1. The van der Waals surface area contributed by atoms with Gasteiger partial charge in [0.25, 0.3) is 0 Å². The van der Waals surface area contributed by atoms with Gasteiger partial charge in [0, 0.05) is 29.4 Å². The third-order valence-electron chi connectivity index (χ3n) is 6.63. The van der Waals surface area contributed by atoms with Gasteiger partial charge in [-0.05, 0) is 67.8 Å². The maximum absolute atomic E-state index is 12.6. The van der Waals surface area contributed by atoms with E-state index in [1.54, 1.807) is 13.2 Å². The van der Waals surface area contributed by atoms with Crippen molar-refractivity contribution in [1.29, 1.82) is 0 Å². The lowest BCUT2D eigenvalue weighted by molar-refractivity contribution is -0.130. The summed E-state index contributed by atoms with van der Waals surface area (Å²) in [6.07, 6.45) is -3.96. The van der Waals surface area contributed by atoms with Crippen LogP contribution in [-0.4, -0.2) is 40.1 Å². The lowest BCUT2D eigenvalue weighted by atomic mass is 9.85. The van der Waals surface area contributed by atoms with Crippen LogP contribution in [0.5, 0.6) is 17.2 Å². The highest BCUT2D eigenvalue weighted by molar-refractivity contribution is 7.87. The first-order valence-corrected chi connectivity index (χ1v) is 14.5. The number of hydrogen-bond acceptors (Lipinski definition) is 7. The lowest BCUT2D eigenvalue weighted by Crippen LogP contribution is -2.32. The number of rotatable bonds is 10. The molecule has 1 heterocycles. The van der Waals surface area contributed by atoms with Gasteiger partial charge in [0.2, 0.25) is 0 Å². The summed E-state index contributed by atoms with van der Waals surface area (Å²) in [6, 6.07) is 15.9. The zero-order valence-electron chi connectivity index (χ0n) is 23.5. The molecule has 0 saturated heterocycles. The summed E-state index contributed by atoms with van der Waals surface area (Å²) in [6.45, 7) is 6.65. The van der Waals surface area contributed by atoms with Crippen molar-refractivity contribution in [3.63, 3.8) is 0 Å². The highest BCUT2D eigenvalue weighted by Gasteiger charge is 2.31. The van der Waals surface area contributed by atoms with Crippen molar-refractivity contribution < 1.29 is 35.2 Å². The van der Waals surface area contributed by atoms with Crippen molar-refractivity contribution in [3.05, 3.63) is 71.8 Å². The van der Waals surface area contributed by atoms with Crippen molar-refractivity contribution in [2.45, 2.75) is 45.5 Å². The summed E-state index contributed by atoms with van der Waals surface area (Å²) in [5.74, 6) is -0.327. The molecular weight excluding hydrogens is 557 g/mol. The van der Waals surface area contributed by atoms with E-state index in [1.807, 2.05) is 36.4 Å². The molecule has 0 unspecified atom stereocenters. The Morgan fingerprint density at radius 2 is 1.63 bits per heavy atom. The standard InChI is InChI=1S/C30H33F3N2O5S/c1-19-17-29(2,3)35-25-13-12-21(23(28(19)25)18-34-24-8-6-7-9-26(24)38-4)22-11-10-20(16-27(22)39-5)40-41(36,37)15-14-30(31,32)33/h6-13,16-17,34-35H,14-15,18H2,1-5H3. The fourth-order valence-corrected chi connectivity index (χ4v) is 5.95. The van der Waals surface area contributed by atoms with Crippen LogP contribution in [0.15, 0.2) is 60.7 Å². The SMILES string of the molecule is COc1ccccc1NCc1c(-c2ccc(OS(=O)(=O)CCC(F)(F)F)cc2OC)ccc2c1C(C)=CC(C)(C)N2. The van der Waals surface area contributed by atoms with Crippen molar-refractivity contribution in [2.75, 3.05) is 30.6 Å². The largest absolute Gasteiger partial charge is 0.496 e.